The Morgan fingerprint density at radius 3 is 1.52 bits per heavy atom. The highest BCUT2D eigenvalue weighted by Crippen LogP contribution is 1.93. The molecule has 122 valence electrons. The van der Waals surface area contributed by atoms with Gasteiger partial charge in [-0.3, -0.25) is 14.4 Å². The van der Waals surface area contributed by atoms with Gasteiger partial charge in [0.1, 0.15) is 0 Å². The topological polar surface area (TPSA) is 136 Å². The van der Waals surface area contributed by atoms with Gasteiger partial charge in [-0.2, -0.15) is 0 Å². The fourth-order valence-electron chi connectivity index (χ4n) is 0.530. The van der Waals surface area contributed by atoms with Gasteiger partial charge in [0.2, 0.25) is 0 Å². The van der Waals surface area contributed by atoms with Crippen molar-refractivity contribution in [1.29, 1.82) is 5.41 Å². The van der Waals surface area contributed by atoms with Crippen molar-refractivity contribution in [1.82, 2.24) is 0 Å². The molecule has 0 aromatic rings. The molecule has 0 saturated carbocycles. The molecule has 0 rings (SSSR count). The van der Waals surface area contributed by atoms with Crippen LogP contribution in [0.15, 0.2) is 24.8 Å². The summed E-state index contributed by atoms with van der Waals surface area (Å²) in [4.78, 5) is 27.0. The lowest BCUT2D eigenvalue weighted by Gasteiger charge is -1.85. The van der Waals surface area contributed by atoms with Crippen molar-refractivity contribution < 1.29 is 29.7 Å². The van der Waals surface area contributed by atoms with Crippen LogP contribution in [0.25, 0.3) is 0 Å². The molecule has 0 radical (unpaired) electrons. The summed E-state index contributed by atoms with van der Waals surface area (Å²) in [6.45, 7) is 6.80. The fourth-order valence-corrected chi connectivity index (χ4v) is 0.530. The van der Waals surface area contributed by atoms with Crippen LogP contribution in [0.3, 0.4) is 0 Å². The van der Waals surface area contributed by atoms with E-state index in [1.165, 1.54) is 6.21 Å². The van der Waals surface area contributed by atoms with E-state index in [4.69, 9.17) is 35.1 Å². The van der Waals surface area contributed by atoms with Gasteiger partial charge in [-0.1, -0.05) is 24.8 Å². The Morgan fingerprint density at radius 2 is 1.29 bits per heavy atom. The van der Waals surface area contributed by atoms with Crippen LogP contribution in [0.5, 0.6) is 0 Å². The van der Waals surface area contributed by atoms with E-state index in [2.05, 4.69) is 12.7 Å². The number of hydrogen-bond donors (Lipinski definition) is 4. The van der Waals surface area contributed by atoms with Gasteiger partial charge in [0.15, 0.2) is 0 Å². The second kappa shape index (κ2) is 26.2. The number of nitrogens with one attached hydrogen (secondary N) is 1. The molecule has 4 N–H and O–H groups in total. The van der Waals surface area contributed by atoms with Crippen molar-refractivity contribution in [3.63, 3.8) is 0 Å². The summed E-state index contributed by atoms with van der Waals surface area (Å²) in [5.41, 5.74) is 0. The molecular formula is C14H25NO6. The molecule has 0 aliphatic carbocycles. The average Bonchev–Trinajstić information content (AvgIpc) is 2.26. The van der Waals surface area contributed by atoms with Crippen molar-refractivity contribution >= 4 is 24.1 Å². The Hall–Kier alpha value is -2.44. The number of allylic oxidation sites excluding steroid dienone is 3. The van der Waals surface area contributed by atoms with Crippen LogP contribution in [-0.4, -0.2) is 39.4 Å². The SMILES string of the molecule is C=CC=CCCCC=N.CC(=O)O.CC(=O)O.CC(=O)O. The summed E-state index contributed by atoms with van der Waals surface area (Å²) >= 11 is 0. The van der Waals surface area contributed by atoms with E-state index in [1.807, 2.05) is 6.08 Å². The number of aliphatic carboxylic acids is 3. The van der Waals surface area contributed by atoms with Crippen LogP contribution in [0.4, 0.5) is 0 Å². The third-order valence-corrected chi connectivity index (χ3v) is 0.991. The lowest BCUT2D eigenvalue weighted by molar-refractivity contribution is -0.135. The molecule has 21 heavy (non-hydrogen) atoms. The third-order valence-electron chi connectivity index (χ3n) is 0.991. The largest absolute Gasteiger partial charge is 0.481 e. The maximum absolute atomic E-state index is 9.00. The standard InChI is InChI=1S/C8H13N.3C2H4O2/c1-2-3-4-5-6-7-8-9;3*1-2(3)4/h2-4,8-9H,1,5-7H2;3*1H3,(H,3,4). The van der Waals surface area contributed by atoms with E-state index in [-0.39, 0.29) is 0 Å². The van der Waals surface area contributed by atoms with E-state index in [1.54, 1.807) is 6.08 Å². The predicted molar refractivity (Wildman–Crippen MR) is 81.9 cm³/mol. The maximum atomic E-state index is 9.00. The average molecular weight is 303 g/mol. The van der Waals surface area contributed by atoms with Gasteiger partial charge in [0, 0.05) is 20.8 Å². The molecular weight excluding hydrogens is 278 g/mol. The first-order valence-corrected chi connectivity index (χ1v) is 5.96. The second-order valence-corrected chi connectivity index (χ2v) is 3.36. The van der Waals surface area contributed by atoms with Crippen LogP contribution >= 0.6 is 0 Å². The molecule has 0 saturated heterocycles. The number of carbonyl (C=O) groups is 3. The summed E-state index contributed by atoms with van der Waals surface area (Å²) in [7, 11) is 0. The van der Waals surface area contributed by atoms with Gasteiger partial charge in [0.25, 0.3) is 17.9 Å². The van der Waals surface area contributed by atoms with Crippen molar-refractivity contribution in [2.75, 3.05) is 0 Å². The highest BCUT2D eigenvalue weighted by molar-refractivity contribution is 5.63. The molecule has 0 unspecified atom stereocenters. The molecule has 0 amide bonds. The van der Waals surface area contributed by atoms with Gasteiger partial charge >= 0.3 is 0 Å². The van der Waals surface area contributed by atoms with Crippen LogP contribution in [0.2, 0.25) is 0 Å². The summed E-state index contributed by atoms with van der Waals surface area (Å²) in [6, 6.07) is 0. The van der Waals surface area contributed by atoms with E-state index >= 15 is 0 Å². The molecule has 0 aliphatic heterocycles. The van der Waals surface area contributed by atoms with Gasteiger partial charge in [-0.05, 0) is 25.5 Å². The first-order valence-electron chi connectivity index (χ1n) is 5.96. The van der Waals surface area contributed by atoms with Crippen LogP contribution in [-0.2, 0) is 14.4 Å². The summed E-state index contributed by atoms with van der Waals surface area (Å²) in [5, 5.41) is 29.0. The molecule has 0 spiro atoms. The van der Waals surface area contributed by atoms with Crippen LogP contribution in [0, 0.1) is 5.41 Å². The lowest BCUT2D eigenvalue weighted by atomic mass is 10.2. The van der Waals surface area contributed by atoms with Crippen molar-refractivity contribution in [3.05, 3.63) is 24.8 Å². The van der Waals surface area contributed by atoms with E-state index in [0.717, 1.165) is 40.0 Å². The Kier molecular flexibility index (Phi) is 33.7. The smallest absolute Gasteiger partial charge is 0.300 e. The van der Waals surface area contributed by atoms with E-state index in [9.17, 15) is 0 Å². The zero-order valence-electron chi connectivity index (χ0n) is 12.7. The first-order chi connectivity index (χ1) is 9.61. The van der Waals surface area contributed by atoms with Crippen LogP contribution < -0.4 is 0 Å². The van der Waals surface area contributed by atoms with Gasteiger partial charge in [-0.25, -0.2) is 0 Å². The van der Waals surface area contributed by atoms with Gasteiger partial charge in [0.05, 0.1) is 0 Å². The number of carboxylic acids is 3. The number of hydrogen-bond acceptors (Lipinski definition) is 4. The second-order valence-electron chi connectivity index (χ2n) is 3.36. The van der Waals surface area contributed by atoms with Gasteiger partial charge < -0.3 is 20.7 Å². The van der Waals surface area contributed by atoms with Crippen molar-refractivity contribution in [3.8, 4) is 0 Å². The minimum Gasteiger partial charge on any atom is -0.481 e. The van der Waals surface area contributed by atoms with Crippen molar-refractivity contribution in [2.24, 2.45) is 0 Å². The zero-order chi connectivity index (χ0) is 17.7. The highest BCUT2D eigenvalue weighted by Gasteiger charge is 1.77. The third kappa shape index (κ3) is 335. The van der Waals surface area contributed by atoms with E-state index in [0.29, 0.717) is 0 Å². The molecule has 0 aromatic heterocycles. The summed E-state index contributed by atoms with van der Waals surface area (Å²) in [6.07, 6.45) is 10.2. The molecule has 0 aromatic carbocycles. The zero-order valence-corrected chi connectivity index (χ0v) is 12.7. The molecule has 7 heteroatoms. The van der Waals surface area contributed by atoms with Crippen molar-refractivity contribution in [2.45, 2.75) is 40.0 Å². The minimum atomic E-state index is -0.833. The first kappa shape index (κ1) is 27.0. The Bertz CT molecular complexity index is 283. The Morgan fingerprint density at radius 1 is 0.952 bits per heavy atom. The maximum Gasteiger partial charge on any atom is 0.300 e. The molecule has 0 fully saturated rings. The molecule has 0 bridgehead atoms. The Labute approximate surface area is 125 Å². The monoisotopic (exact) mass is 303 g/mol. The summed E-state index contributed by atoms with van der Waals surface area (Å²) in [5.74, 6) is -2.50. The van der Waals surface area contributed by atoms with E-state index < -0.39 is 17.9 Å². The highest BCUT2D eigenvalue weighted by atomic mass is 16.4. The predicted octanol–water partition coefficient (Wildman–Crippen LogP) is 2.82. The molecule has 7 nitrogen and oxygen atoms in total. The van der Waals surface area contributed by atoms with Gasteiger partial charge in [-0.15, -0.1) is 0 Å². The van der Waals surface area contributed by atoms with Crippen LogP contribution in [0.1, 0.15) is 40.0 Å². The normalized spacial score (nSPS) is 7.76. The number of carboxylic acid groups (broad SMARTS) is 3. The molecule has 0 atom stereocenters. The minimum absolute atomic E-state index is 0.833. The summed E-state index contributed by atoms with van der Waals surface area (Å²) < 4.78 is 0. The Balaban J connectivity index is -0.000000102. The molecule has 0 aliphatic rings. The number of unbranched alkanes of at least 4 members (excludes halogenated alkanes) is 2. The number of rotatable bonds is 5. The fraction of sp³-hybridized carbons (Fsp3) is 0.429. The quantitative estimate of drug-likeness (QED) is 0.350. The lowest BCUT2D eigenvalue weighted by Crippen LogP contribution is -1.78. The molecule has 0 heterocycles.